The van der Waals surface area contributed by atoms with Crippen molar-refractivity contribution >= 4 is 0 Å². The molecular weight excluding hydrogens is 576 g/mol. The highest BCUT2D eigenvalue weighted by Gasteiger charge is 2.68. The third kappa shape index (κ3) is 5.29. The second-order valence-electron chi connectivity index (χ2n) is 17.6. The molecule has 0 radical (unpaired) electrons. The van der Waals surface area contributed by atoms with Crippen molar-refractivity contribution in [2.75, 3.05) is 0 Å². The van der Waals surface area contributed by atoms with Crippen LogP contribution in [0.25, 0.3) is 0 Å². The molecule has 3 N–H and O–H groups in total. The molecule has 0 spiro atoms. The molecule has 0 amide bonds. The van der Waals surface area contributed by atoms with Crippen molar-refractivity contribution in [2.24, 2.45) is 39.4 Å². The Morgan fingerprint density at radius 3 is 1.98 bits per heavy atom. The van der Waals surface area contributed by atoms with Gasteiger partial charge in [-0.05, 0) is 103 Å². The minimum absolute atomic E-state index is 0.0224. The number of allylic oxidation sites excluding steroid dienone is 1. The Morgan fingerprint density at radius 1 is 0.783 bits per heavy atom. The number of hydrogen-bond acceptors (Lipinski definition) is 6. The smallest absolute Gasteiger partial charge is 0.105 e. The van der Waals surface area contributed by atoms with E-state index in [1.165, 1.54) is 11.1 Å². The van der Waals surface area contributed by atoms with Crippen LogP contribution in [-0.4, -0.2) is 45.3 Å². The van der Waals surface area contributed by atoms with Gasteiger partial charge in [0.15, 0.2) is 0 Å². The zero-order chi connectivity index (χ0) is 33.3. The van der Waals surface area contributed by atoms with Crippen LogP contribution in [-0.2, 0) is 17.6 Å². The number of furan rings is 2. The van der Waals surface area contributed by atoms with Crippen LogP contribution in [0.1, 0.15) is 118 Å². The summed E-state index contributed by atoms with van der Waals surface area (Å²) in [7, 11) is 0. The molecule has 0 bridgehead atoms. The molecule has 0 aromatic carbocycles. The van der Waals surface area contributed by atoms with Gasteiger partial charge in [0.05, 0.1) is 49.0 Å². The summed E-state index contributed by atoms with van der Waals surface area (Å²) in [4.78, 5) is 0. The first-order chi connectivity index (χ1) is 21.6. The molecule has 0 unspecified atom stereocenters. The van der Waals surface area contributed by atoms with Gasteiger partial charge < -0.3 is 28.9 Å². The number of aliphatic hydroxyl groups excluding tert-OH is 2. The van der Waals surface area contributed by atoms with Crippen LogP contribution in [0.4, 0.5) is 0 Å². The molecule has 6 nitrogen and oxygen atoms in total. The Labute approximate surface area is 277 Å². The molecule has 3 fully saturated rings. The Bertz CT molecular complexity index is 1370. The second-order valence-corrected chi connectivity index (χ2v) is 17.6. The van der Waals surface area contributed by atoms with Crippen LogP contribution in [0, 0.1) is 39.4 Å². The van der Waals surface area contributed by atoms with Gasteiger partial charge in [-0.3, -0.25) is 0 Å². The van der Waals surface area contributed by atoms with Crippen molar-refractivity contribution in [3.8, 4) is 0 Å². The first kappa shape index (κ1) is 34.0. The molecular formula is C40H60O6. The van der Waals surface area contributed by atoms with Gasteiger partial charge in [0.2, 0.25) is 0 Å². The van der Waals surface area contributed by atoms with Gasteiger partial charge in [0, 0.05) is 23.2 Å². The summed E-state index contributed by atoms with van der Waals surface area (Å²) >= 11 is 0. The van der Waals surface area contributed by atoms with E-state index in [1.807, 2.05) is 18.4 Å². The molecule has 10 atom stereocenters. The highest BCUT2D eigenvalue weighted by atomic mass is 16.5. The number of rotatable bonds is 8. The van der Waals surface area contributed by atoms with Crippen LogP contribution < -0.4 is 0 Å². The number of aryl methyl sites for hydroxylation is 2. The summed E-state index contributed by atoms with van der Waals surface area (Å²) in [6.45, 7) is 18.0. The van der Waals surface area contributed by atoms with Crippen LogP contribution in [0.5, 0.6) is 0 Å². The average molecular weight is 637 g/mol. The fraction of sp³-hybridized carbons (Fsp3) is 0.750. The van der Waals surface area contributed by atoms with E-state index in [2.05, 4.69) is 55.4 Å². The Hall–Kier alpha value is -1.86. The molecule has 3 saturated carbocycles. The molecule has 2 heterocycles. The van der Waals surface area contributed by atoms with E-state index >= 15 is 0 Å². The van der Waals surface area contributed by atoms with Gasteiger partial charge in [-0.15, -0.1) is 0 Å². The molecule has 0 saturated heterocycles. The molecule has 6 heteroatoms. The number of aliphatic hydroxyl groups is 3. The minimum Gasteiger partial charge on any atom is -0.472 e. The third-order valence-electron chi connectivity index (χ3n) is 14.2. The molecule has 4 aliphatic rings. The fourth-order valence-electron chi connectivity index (χ4n) is 12.0. The highest BCUT2D eigenvalue weighted by molar-refractivity contribution is 5.34. The van der Waals surface area contributed by atoms with E-state index in [9.17, 15) is 15.3 Å². The highest BCUT2D eigenvalue weighted by Crippen LogP contribution is 2.65. The van der Waals surface area contributed by atoms with Gasteiger partial charge in [0.1, 0.15) is 6.10 Å². The predicted octanol–water partition coefficient (Wildman–Crippen LogP) is 8.29. The SMILES string of the molecule is CC1=C(CCc2ccoc2)[C@@]2(C)CCCC(C)(C)[C@@H]2[C@H](O)[C@H]1O[C@H]1[C@@H](O)[C@H]2C(C)(C)CCC[C@]2(C)[C@@](O)(CCc2ccoc2)[C@@H]1C. The first-order valence-corrected chi connectivity index (χ1v) is 18.0. The number of ether oxygens (including phenoxy) is 1. The van der Waals surface area contributed by atoms with Crippen molar-refractivity contribution in [3.63, 3.8) is 0 Å². The second kappa shape index (κ2) is 11.9. The van der Waals surface area contributed by atoms with E-state index in [1.54, 1.807) is 18.8 Å². The maximum absolute atomic E-state index is 13.0. The lowest BCUT2D eigenvalue weighted by Crippen LogP contribution is -2.72. The Kier molecular flexibility index (Phi) is 8.82. The Balaban J connectivity index is 1.40. The van der Waals surface area contributed by atoms with E-state index in [0.29, 0.717) is 12.8 Å². The maximum atomic E-state index is 13.0. The van der Waals surface area contributed by atoms with Crippen LogP contribution in [0.15, 0.2) is 57.2 Å². The van der Waals surface area contributed by atoms with E-state index < -0.39 is 35.4 Å². The van der Waals surface area contributed by atoms with Crippen LogP contribution in [0.2, 0.25) is 0 Å². The molecule has 2 aromatic heterocycles. The lowest BCUT2D eigenvalue weighted by molar-refractivity contribution is -0.296. The lowest BCUT2D eigenvalue weighted by Gasteiger charge is -2.66. The number of fused-ring (bicyclic) bond motifs is 2. The standard InChI is InChI=1S/C40H60O6/c1-25-29(12-11-27-14-21-44-23-27)38(7)18-9-16-36(3,4)34(38)30(41)32(25)46-33-26(2)40(43,20-13-28-15-22-45-24-28)39(8)19-10-17-37(5,6)35(39)31(33)42/h14-15,21-24,26,30-35,41-43H,9-13,16-20H2,1-8H3/t26-,30-,31-,32+,33-,34+,35+,38-,39+,40-/m1/s1. The van der Waals surface area contributed by atoms with Gasteiger partial charge in [-0.25, -0.2) is 0 Å². The van der Waals surface area contributed by atoms with Gasteiger partial charge in [0.25, 0.3) is 0 Å². The first-order valence-electron chi connectivity index (χ1n) is 18.0. The van der Waals surface area contributed by atoms with Crippen LogP contribution in [0.3, 0.4) is 0 Å². The maximum Gasteiger partial charge on any atom is 0.105 e. The van der Waals surface area contributed by atoms with Crippen molar-refractivity contribution in [1.29, 1.82) is 0 Å². The minimum atomic E-state index is -1.07. The van der Waals surface area contributed by atoms with Gasteiger partial charge in [-0.2, -0.15) is 0 Å². The Morgan fingerprint density at radius 2 is 1.37 bits per heavy atom. The molecule has 4 aliphatic carbocycles. The quantitative estimate of drug-likeness (QED) is 0.252. The van der Waals surface area contributed by atoms with Gasteiger partial charge >= 0.3 is 0 Å². The predicted molar refractivity (Wildman–Crippen MR) is 180 cm³/mol. The summed E-state index contributed by atoms with van der Waals surface area (Å²) in [5.41, 5.74) is 2.81. The molecule has 2 aromatic rings. The molecule has 46 heavy (non-hydrogen) atoms. The summed E-state index contributed by atoms with van der Waals surface area (Å²) in [5, 5.41) is 37.9. The zero-order valence-corrected chi connectivity index (χ0v) is 29.6. The average Bonchev–Trinajstić information content (AvgIpc) is 3.68. The van der Waals surface area contributed by atoms with Gasteiger partial charge in [-0.1, -0.05) is 66.9 Å². The summed E-state index contributed by atoms with van der Waals surface area (Å²) in [6, 6.07) is 4.02. The van der Waals surface area contributed by atoms with Crippen molar-refractivity contribution < 1.29 is 28.9 Å². The molecule has 256 valence electrons. The normalized spacial score (nSPS) is 42.0. The largest absolute Gasteiger partial charge is 0.472 e. The number of hydrogen-bond donors (Lipinski definition) is 3. The zero-order valence-electron chi connectivity index (χ0n) is 29.6. The van der Waals surface area contributed by atoms with E-state index in [0.717, 1.165) is 62.5 Å². The summed E-state index contributed by atoms with van der Waals surface area (Å²) in [5.74, 6) is -0.466. The monoisotopic (exact) mass is 636 g/mol. The van der Waals surface area contributed by atoms with E-state index in [4.69, 9.17) is 13.6 Å². The lowest BCUT2D eigenvalue weighted by atomic mass is 9.42. The van der Waals surface area contributed by atoms with E-state index in [-0.39, 0.29) is 34.0 Å². The third-order valence-corrected chi connectivity index (χ3v) is 14.2. The van der Waals surface area contributed by atoms with Crippen molar-refractivity contribution in [2.45, 2.75) is 150 Å². The molecule has 0 aliphatic heterocycles. The molecule has 6 rings (SSSR count). The van der Waals surface area contributed by atoms with Crippen molar-refractivity contribution in [3.05, 3.63) is 59.5 Å². The summed E-state index contributed by atoms with van der Waals surface area (Å²) in [6.07, 6.45) is 13.6. The van der Waals surface area contributed by atoms with Crippen molar-refractivity contribution in [1.82, 2.24) is 0 Å². The summed E-state index contributed by atoms with van der Waals surface area (Å²) < 4.78 is 18.0. The fourth-order valence-corrected chi connectivity index (χ4v) is 12.0. The van der Waals surface area contributed by atoms with Crippen LogP contribution >= 0.6 is 0 Å². The topological polar surface area (TPSA) is 96.2 Å².